The quantitative estimate of drug-likeness (QED) is 0.669. The number of rotatable bonds is 5. The van der Waals surface area contributed by atoms with Crippen molar-refractivity contribution in [2.75, 3.05) is 0 Å². The third-order valence-electron chi connectivity index (χ3n) is 3.50. The third kappa shape index (κ3) is 2.48. The molecular weight excluding hydrogens is 146 g/mol. The lowest BCUT2D eigenvalue weighted by Crippen LogP contribution is -2.26. The molecule has 2 N–H and O–H groups in total. The summed E-state index contributed by atoms with van der Waals surface area (Å²) in [5, 5.41) is 0. The van der Waals surface area contributed by atoms with Gasteiger partial charge in [0.05, 0.1) is 0 Å². The van der Waals surface area contributed by atoms with Gasteiger partial charge in [0.25, 0.3) is 0 Å². The summed E-state index contributed by atoms with van der Waals surface area (Å²) in [5.74, 6) is 2.07. The second kappa shape index (κ2) is 3.78. The van der Waals surface area contributed by atoms with Crippen molar-refractivity contribution in [3.8, 4) is 0 Å². The standard InChI is InChI=1S/C11H21N/c12-11(7-6-9-4-5-9)8-10-2-1-3-10/h9-11H,1-8,12H2. The molecule has 1 atom stereocenters. The zero-order chi connectivity index (χ0) is 8.39. The van der Waals surface area contributed by atoms with E-state index in [1.54, 1.807) is 0 Å². The van der Waals surface area contributed by atoms with E-state index in [1.165, 1.54) is 51.4 Å². The molecule has 0 aromatic carbocycles. The molecule has 1 nitrogen and oxygen atoms in total. The fourth-order valence-corrected chi connectivity index (χ4v) is 2.13. The Morgan fingerprint density at radius 2 is 1.83 bits per heavy atom. The summed E-state index contributed by atoms with van der Waals surface area (Å²) in [6.07, 6.45) is 11.3. The summed E-state index contributed by atoms with van der Waals surface area (Å²) in [5.41, 5.74) is 6.06. The molecule has 2 fully saturated rings. The van der Waals surface area contributed by atoms with E-state index in [-0.39, 0.29) is 0 Å². The van der Waals surface area contributed by atoms with Crippen LogP contribution in [0.3, 0.4) is 0 Å². The molecule has 2 saturated carbocycles. The lowest BCUT2D eigenvalue weighted by atomic mass is 9.80. The molecule has 0 spiro atoms. The monoisotopic (exact) mass is 167 g/mol. The van der Waals surface area contributed by atoms with Crippen LogP contribution in [-0.2, 0) is 0 Å². The smallest absolute Gasteiger partial charge is 0.00415 e. The van der Waals surface area contributed by atoms with Gasteiger partial charge in [-0.05, 0) is 31.1 Å². The van der Waals surface area contributed by atoms with Gasteiger partial charge < -0.3 is 5.73 Å². The van der Waals surface area contributed by atoms with Crippen molar-refractivity contribution in [3.05, 3.63) is 0 Å². The summed E-state index contributed by atoms with van der Waals surface area (Å²) >= 11 is 0. The first-order chi connectivity index (χ1) is 5.84. The SMILES string of the molecule is NC(CCC1CC1)CC1CCC1. The molecule has 0 aromatic rings. The topological polar surface area (TPSA) is 26.0 Å². The van der Waals surface area contributed by atoms with E-state index >= 15 is 0 Å². The maximum Gasteiger partial charge on any atom is 0.00415 e. The van der Waals surface area contributed by atoms with Gasteiger partial charge in [0, 0.05) is 6.04 Å². The minimum absolute atomic E-state index is 0.524. The zero-order valence-electron chi connectivity index (χ0n) is 7.97. The van der Waals surface area contributed by atoms with Crippen LogP contribution in [0.25, 0.3) is 0 Å². The van der Waals surface area contributed by atoms with E-state index in [2.05, 4.69) is 0 Å². The molecule has 1 unspecified atom stereocenters. The first kappa shape index (κ1) is 8.55. The highest BCUT2D eigenvalue weighted by atomic mass is 14.6. The van der Waals surface area contributed by atoms with Crippen LogP contribution in [-0.4, -0.2) is 6.04 Å². The lowest BCUT2D eigenvalue weighted by molar-refractivity contribution is 0.269. The van der Waals surface area contributed by atoms with E-state index in [0.717, 1.165) is 11.8 Å². The van der Waals surface area contributed by atoms with Crippen molar-refractivity contribution in [2.45, 2.75) is 57.4 Å². The Bertz CT molecular complexity index is 136. The first-order valence-corrected chi connectivity index (χ1v) is 5.60. The van der Waals surface area contributed by atoms with Gasteiger partial charge >= 0.3 is 0 Å². The molecule has 0 saturated heterocycles. The second-order valence-electron chi connectivity index (χ2n) is 4.81. The van der Waals surface area contributed by atoms with Crippen LogP contribution in [0.1, 0.15) is 51.4 Å². The minimum Gasteiger partial charge on any atom is -0.328 e. The maximum absolute atomic E-state index is 6.06. The maximum atomic E-state index is 6.06. The van der Waals surface area contributed by atoms with Crippen LogP contribution in [0.15, 0.2) is 0 Å². The first-order valence-electron chi connectivity index (χ1n) is 5.60. The summed E-state index contributed by atoms with van der Waals surface area (Å²) in [4.78, 5) is 0. The van der Waals surface area contributed by atoms with Gasteiger partial charge in [-0.15, -0.1) is 0 Å². The normalized spacial score (nSPS) is 26.8. The second-order valence-corrected chi connectivity index (χ2v) is 4.81. The molecular formula is C11H21N. The summed E-state index contributed by atoms with van der Waals surface area (Å²) in [6.45, 7) is 0. The Balaban J connectivity index is 1.52. The van der Waals surface area contributed by atoms with Crippen LogP contribution < -0.4 is 5.73 Å². The van der Waals surface area contributed by atoms with E-state index < -0.39 is 0 Å². The van der Waals surface area contributed by atoms with Crippen LogP contribution in [0, 0.1) is 11.8 Å². The van der Waals surface area contributed by atoms with Gasteiger partial charge in [0.1, 0.15) is 0 Å². The highest BCUT2D eigenvalue weighted by molar-refractivity contribution is 4.79. The molecule has 0 amide bonds. The van der Waals surface area contributed by atoms with Crippen molar-refractivity contribution >= 4 is 0 Å². The fraction of sp³-hybridized carbons (Fsp3) is 1.00. The number of hydrogen-bond donors (Lipinski definition) is 1. The molecule has 0 bridgehead atoms. The highest BCUT2D eigenvalue weighted by Gasteiger charge is 2.24. The van der Waals surface area contributed by atoms with E-state index in [1.807, 2.05) is 0 Å². The van der Waals surface area contributed by atoms with Gasteiger partial charge in [-0.2, -0.15) is 0 Å². The molecule has 70 valence electrons. The highest BCUT2D eigenvalue weighted by Crippen LogP contribution is 2.35. The predicted octanol–water partition coefficient (Wildman–Crippen LogP) is 2.69. The average molecular weight is 167 g/mol. The Morgan fingerprint density at radius 1 is 1.08 bits per heavy atom. The Labute approximate surface area is 75.7 Å². The molecule has 0 heterocycles. The fourth-order valence-electron chi connectivity index (χ4n) is 2.13. The summed E-state index contributed by atoms with van der Waals surface area (Å²) in [7, 11) is 0. The largest absolute Gasteiger partial charge is 0.328 e. The predicted molar refractivity (Wildman–Crippen MR) is 51.9 cm³/mol. The molecule has 12 heavy (non-hydrogen) atoms. The molecule has 0 aliphatic heterocycles. The van der Waals surface area contributed by atoms with Crippen molar-refractivity contribution in [2.24, 2.45) is 17.6 Å². The van der Waals surface area contributed by atoms with E-state index in [9.17, 15) is 0 Å². The van der Waals surface area contributed by atoms with Gasteiger partial charge in [0.2, 0.25) is 0 Å². The van der Waals surface area contributed by atoms with Crippen LogP contribution in [0.4, 0.5) is 0 Å². The summed E-state index contributed by atoms with van der Waals surface area (Å²) < 4.78 is 0. The zero-order valence-corrected chi connectivity index (χ0v) is 7.97. The van der Waals surface area contributed by atoms with Crippen LogP contribution in [0.5, 0.6) is 0 Å². The minimum atomic E-state index is 0.524. The lowest BCUT2D eigenvalue weighted by Gasteiger charge is -2.28. The third-order valence-corrected chi connectivity index (χ3v) is 3.50. The van der Waals surface area contributed by atoms with Crippen molar-refractivity contribution in [1.29, 1.82) is 0 Å². The molecule has 2 aliphatic rings. The van der Waals surface area contributed by atoms with Crippen molar-refractivity contribution < 1.29 is 0 Å². The van der Waals surface area contributed by atoms with Crippen molar-refractivity contribution in [1.82, 2.24) is 0 Å². The Morgan fingerprint density at radius 3 is 2.33 bits per heavy atom. The van der Waals surface area contributed by atoms with Gasteiger partial charge in [0.15, 0.2) is 0 Å². The van der Waals surface area contributed by atoms with E-state index in [4.69, 9.17) is 5.73 Å². The Hall–Kier alpha value is -0.0400. The van der Waals surface area contributed by atoms with Crippen LogP contribution in [0.2, 0.25) is 0 Å². The molecule has 2 aliphatic carbocycles. The number of hydrogen-bond acceptors (Lipinski definition) is 1. The molecule has 1 heteroatoms. The van der Waals surface area contributed by atoms with Crippen LogP contribution >= 0.6 is 0 Å². The number of nitrogens with two attached hydrogens (primary N) is 1. The average Bonchev–Trinajstić information content (AvgIpc) is 2.76. The summed E-state index contributed by atoms with van der Waals surface area (Å²) in [6, 6.07) is 0.524. The van der Waals surface area contributed by atoms with E-state index in [0.29, 0.717) is 6.04 Å². The molecule has 0 radical (unpaired) electrons. The Kier molecular flexibility index (Phi) is 2.69. The van der Waals surface area contributed by atoms with Crippen molar-refractivity contribution in [3.63, 3.8) is 0 Å². The molecule has 0 aromatic heterocycles. The molecule has 2 rings (SSSR count). The van der Waals surface area contributed by atoms with Gasteiger partial charge in [-0.25, -0.2) is 0 Å². The van der Waals surface area contributed by atoms with Gasteiger partial charge in [-0.3, -0.25) is 0 Å². The van der Waals surface area contributed by atoms with Gasteiger partial charge in [-0.1, -0.05) is 32.1 Å².